The maximum atomic E-state index is 13.8. The van der Waals surface area contributed by atoms with E-state index in [4.69, 9.17) is 0 Å². The van der Waals surface area contributed by atoms with Crippen LogP contribution in [-0.2, 0) is 0 Å². The second-order valence-electron chi connectivity index (χ2n) is 11.3. The summed E-state index contributed by atoms with van der Waals surface area (Å²) in [7, 11) is 0. The van der Waals surface area contributed by atoms with Crippen molar-refractivity contribution in [1.29, 1.82) is 0 Å². The summed E-state index contributed by atoms with van der Waals surface area (Å²) in [6.45, 7) is 0. The highest BCUT2D eigenvalue weighted by molar-refractivity contribution is 6.26. The van der Waals surface area contributed by atoms with Gasteiger partial charge in [-0.25, -0.2) is 4.39 Å². The molecule has 0 amide bonds. The van der Waals surface area contributed by atoms with Gasteiger partial charge in [0.2, 0.25) is 0 Å². The lowest BCUT2D eigenvalue weighted by Gasteiger charge is -2.20. The number of benzene rings is 8. The molecule has 0 radical (unpaired) electrons. The molecule has 0 aromatic heterocycles. The van der Waals surface area contributed by atoms with Crippen molar-refractivity contribution in [2.75, 3.05) is 0 Å². The minimum Gasteiger partial charge on any atom is -0.406 e. The van der Waals surface area contributed by atoms with Crippen molar-refractivity contribution in [3.63, 3.8) is 0 Å². The lowest BCUT2D eigenvalue weighted by Crippen LogP contribution is -2.16. The van der Waals surface area contributed by atoms with Gasteiger partial charge in [-0.1, -0.05) is 109 Å². The first-order chi connectivity index (χ1) is 22.3. The molecule has 0 aliphatic heterocycles. The first-order valence-corrected chi connectivity index (χ1v) is 14.9. The van der Waals surface area contributed by atoms with E-state index in [0.717, 1.165) is 71.1 Å². The average Bonchev–Trinajstić information content (AvgIpc) is 3.07. The largest absolute Gasteiger partial charge is 0.573 e. The zero-order valence-electron chi connectivity index (χ0n) is 24.3. The average molecular weight is 609 g/mol. The van der Waals surface area contributed by atoms with Crippen molar-refractivity contribution < 1.29 is 22.3 Å². The van der Waals surface area contributed by atoms with Crippen molar-refractivity contribution in [2.24, 2.45) is 0 Å². The van der Waals surface area contributed by atoms with Crippen LogP contribution < -0.4 is 4.74 Å². The second kappa shape index (κ2) is 10.7. The summed E-state index contributed by atoms with van der Waals surface area (Å²) in [6, 6.07) is 45.8. The summed E-state index contributed by atoms with van der Waals surface area (Å²) in [5.41, 5.74) is 5.55. The van der Waals surface area contributed by atoms with E-state index >= 15 is 0 Å². The molecule has 46 heavy (non-hydrogen) atoms. The fourth-order valence-electron chi connectivity index (χ4n) is 6.69. The number of rotatable bonds is 4. The van der Waals surface area contributed by atoms with Crippen molar-refractivity contribution in [3.8, 4) is 39.1 Å². The van der Waals surface area contributed by atoms with Gasteiger partial charge in [0, 0.05) is 0 Å². The minimum atomic E-state index is -4.78. The van der Waals surface area contributed by atoms with E-state index in [9.17, 15) is 17.6 Å². The molecule has 8 rings (SSSR count). The van der Waals surface area contributed by atoms with Gasteiger partial charge < -0.3 is 4.74 Å². The number of ether oxygens (including phenoxy) is 1. The van der Waals surface area contributed by atoms with Crippen LogP contribution in [-0.4, -0.2) is 6.36 Å². The molecule has 0 atom stereocenters. The summed E-state index contributed by atoms with van der Waals surface area (Å²) in [5.74, 6) is -0.598. The molecule has 0 aliphatic rings. The first kappa shape index (κ1) is 27.8. The number of halogens is 4. The topological polar surface area (TPSA) is 9.23 Å². The van der Waals surface area contributed by atoms with Gasteiger partial charge in [0.1, 0.15) is 11.6 Å². The smallest absolute Gasteiger partial charge is 0.406 e. The van der Waals surface area contributed by atoms with Crippen LogP contribution in [0.25, 0.3) is 76.5 Å². The van der Waals surface area contributed by atoms with Gasteiger partial charge in [0.05, 0.1) is 0 Å². The fourth-order valence-corrected chi connectivity index (χ4v) is 6.69. The maximum absolute atomic E-state index is 13.8. The molecule has 0 aliphatic carbocycles. The summed E-state index contributed by atoms with van der Waals surface area (Å²) in [5, 5.41) is 8.48. The molecule has 0 saturated carbocycles. The Balaban J connectivity index is 1.49. The lowest BCUT2D eigenvalue weighted by atomic mass is 9.83. The van der Waals surface area contributed by atoms with Crippen LogP contribution in [0.2, 0.25) is 0 Å². The normalized spacial score (nSPS) is 11.9. The first-order valence-electron chi connectivity index (χ1n) is 14.9. The van der Waals surface area contributed by atoms with Gasteiger partial charge in [-0.2, -0.15) is 0 Å². The molecule has 0 bridgehead atoms. The van der Waals surface area contributed by atoms with E-state index in [2.05, 4.69) is 77.5 Å². The Kier molecular flexibility index (Phi) is 6.50. The third kappa shape index (κ3) is 4.81. The van der Waals surface area contributed by atoms with Gasteiger partial charge in [-0.05, 0) is 113 Å². The predicted octanol–water partition coefficient (Wildman–Crippen LogP) is 12.3. The molecule has 5 heteroatoms. The third-order valence-corrected chi connectivity index (χ3v) is 8.62. The Labute approximate surface area is 261 Å². The Morgan fingerprint density at radius 1 is 0.413 bits per heavy atom. The zero-order chi connectivity index (χ0) is 31.4. The van der Waals surface area contributed by atoms with E-state index in [1.165, 1.54) is 29.7 Å². The summed E-state index contributed by atoms with van der Waals surface area (Å²) in [6.07, 6.45) is -4.78. The fraction of sp³-hybridized carbons (Fsp3) is 0.0244. The summed E-state index contributed by atoms with van der Waals surface area (Å²) in [4.78, 5) is 0. The van der Waals surface area contributed by atoms with E-state index < -0.39 is 6.36 Å². The Bertz CT molecular complexity index is 2430. The number of alkyl halides is 3. The molecule has 0 heterocycles. The summed E-state index contributed by atoms with van der Waals surface area (Å²) < 4.78 is 57.0. The van der Waals surface area contributed by atoms with Crippen molar-refractivity contribution in [1.82, 2.24) is 0 Å². The Hall–Kier alpha value is -5.68. The van der Waals surface area contributed by atoms with Crippen LogP contribution in [0.5, 0.6) is 5.75 Å². The van der Waals surface area contributed by atoms with Crippen LogP contribution in [0.4, 0.5) is 17.6 Å². The van der Waals surface area contributed by atoms with Gasteiger partial charge in [-0.15, -0.1) is 13.2 Å². The lowest BCUT2D eigenvalue weighted by molar-refractivity contribution is -0.274. The molecular weight excluding hydrogens is 584 g/mol. The van der Waals surface area contributed by atoms with Crippen molar-refractivity contribution >= 4 is 43.1 Å². The molecule has 0 N–H and O–H groups in total. The van der Waals surface area contributed by atoms with Crippen LogP contribution in [0.1, 0.15) is 0 Å². The van der Waals surface area contributed by atoms with E-state index in [0.29, 0.717) is 0 Å². The van der Waals surface area contributed by atoms with Crippen LogP contribution in [0.15, 0.2) is 146 Å². The van der Waals surface area contributed by atoms with Crippen molar-refractivity contribution in [3.05, 3.63) is 151 Å². The highest BCUT2D eigenvalue weighted by Gasteiger charge is 2.31. The van der Waals surface area contributed by atoms with Gasteiger partial charge >= 0.3 is 6.36 Å². The second-order valence-corrected chi connectivity index (χ2v) is 11.3. The van der Waals surface area contributed by atoms with Crippen LogP contribution >= 0.6 is 0 Å². The SMILES string of the molecule is Fc1ccc(-c2ccc3c(-c4cc5ccccc5c5ccccc45)c4ccccc4c(-c4ccc(OC(F)(F)F)cc4)c3c2)cc1. The molecule has 8 aromatic rings. The Morgan fingerprint density at radius 3 is 1.65 bits per heavy atom. The predicted molar refractivity (Wildman–Crippen MR) is 179 cm³/mol. The molecule has 0 unspecified atom stereocenters. The van der Waals surface area contributed by atoms with Gasteiger partial charge in [0.25, 0.3) is 0 Å². The van der Waals surface area contributed by atoms with E-state index in [1.807, 2.05) is 24.3 Å². The molecule has 0 saturated heterocycles. The van der Waals surface area contributed by atoms with Crippen LogP contribution in [0, 0.1) is 5.82 Å². The number of hydrogen-bond donors (Lipinski definition) is 0. The maximum Gasteiger partial charge on any atom is 0.573 e. The molecule has 0 spiro atoms. The molecule has 1 nitrogen and oxygen atoms in total. The van der Waals surface area contributed by atoms with Crippen molar-refractivity contribution in [2.45, 2.75) is 6.36 Å². The number of hydrogen-bond acceptors (Lipinski definition) is 1. The molecular formula is C41H24F4O. The third-order valence-electron chi connectivity index (χ3n) is 8.62. The highest BCUT2D eigenvalue weighted by atomic mass is 19.4. The quantitative estimate of drug-likeness (QED) is 0.110. The minimum absolute atomic E-state index is 0.281. The van der Waals surface area contributed by atoms with Crippen LogP contribution in [0.3, 0.4) is 0 Å². The molecule has 222 valence electrons. The molecule has 0 fully saturated rings. The highest BCUT2D eigenvalue weighted by Crippen LogP contribution is 2.47. The number of fused-ring (bicyclic) bond motifs is 5. The standard InChI is InChI=1S/C41H24F4O/c42-29-18-13-25(14-19-29)27-17-22-36-38(23-27)39(26-15-20-30(21-16-26)46-41(43,44)45)34-11-5-6-12-35(34)40(36)37-24-28-7-1-2-8-31(28)32-9-3-4-10-33(32)37/h1-24H. The van der Waals surface area contributed by atoms with Gasteiger partial charge in [-0.3, -0.25) is 0 Å². The van der Waals surface area contributed by atoms with E-state index in [1.54, 1.807) is 24.3 Å². The Morgan fingerprint density at radius 2 is 0.957 bits per heavy atom. The summed E-state index contributed by atoms with van der Waals surface area (Å²) >= 11 is 0. The van der Waals surface area contributed by atoms with E-state index in [-0.39, 0.29) is 11.6 Å². The molecule has 8 aromatic carbocycles. The monoisotopic (exact) mass is 608 g/mol. The zero-order valence-corrected chi connectivity index (χ0v) is 24.3. The van der Waals surface area contributed by atoms with Gasteiger partial charge in [0.15, 0.2) is 0 Å².